The fourth-order valence-corrected chi connectivity index (χ4v) is 1.55. The van der Waals surface area contributed by atoms with E-state index in [9.17, 15) is 22.4 Å². The fraction of sp³-hybridized carbons (Fsp3) is 0.0769. The van der Waals surface area contributed by atoms with E-state index in [2.05, 4.69) is 4.98 Å². The van der Waals surface area contributed by atoms with E-state index < -0.39 is 23.6 Å². The van der Waals surface area contributed by atoms with Crippen LogP contribution in [0.1, 0.15) is 22.3 Å². The number of carbonyl (C=O) groups is 1. The number of halogens is 4. The van der Waals surface area contributed by atoms with Crippen LogP contribution in [-0.2, 0) is 0 Å². The van der Waals surface area contributed by atoms with Crippen molar-refractivity contribution >= 4 is 6.29 Å². The second-order valence-corrected chi connectivity index (χ2v) is 3.75. The average molecular weight is 269 g/mol. The molecule has 0 atom stereocenters. The van der Waals surface area contributed by atoms with Gasteiger partial charge in [0.2, 0.25) is 0 Å². The van der Waals surface area contributed by atoms with E-state index in [-0.39, 0.29) is 23.1 Å². The first-order valence-electron chi connectivity index (χ1n) is 5.21. The predicted molar refractivity (Wildman–Crippen MR) is 59.9 cm³/mol. The van der Waals surface area contributed by atoms with Crippen LogP contribution in [0.2, 0.25) is 0 Å². The normalized spacial score (nSPS) is 10.8. The Bertz CT molecular complexity index is 588. The third kappa shape index (κ3) is 2.62. The Hall–Kier alpha value is -2.24. The van der Waals surface area contributed by atoms with Crippen molar-refractivity contribution in [3.05, 3.63) is 53.2 Å². The molecule has 1 aromatic carbocycles. The summed E-state index contributed by atoms with van der Waals surface area (Å²) in [7, 11) is 0. The Morgan fingerprint density at radius 2 is 1.74 bits per heavy atom. The van der Waals surface area contributed by atoms with E-state index in [0.29, 0.717) is 0 Å². The van der Waals surface area contributed by atoms with Crippen molar-refractivity contribution in [1.82, 2.24) is 4.98 Å². The highest BCUT2D eigenvalue weighted by Crippen LogP contribution is 2.24. The first kappa shape index (κ1) is 13.2. The molecular formula is C13H7F4NO. The lowest BCUT2D eigenvalue weighted by atomic mass is 10.1. The number of benzene rings is 1. The van der Waals surface area contributed by atoms with Crippen molar-refractivity contribution in [3.8, 4) is 11.3 Å². The van der Waals surface area contributed by atoms with Crippen LogP contribution in [0.15, 0.2) is 30.5 Å². The maximum atomic E-state index is 13.4. The summed E-state index contributed by atoms with van der Waals surface area (Å²) in [6, 6.07) is 4.21. The molecule has 0 fully saturated rings. The molecule has 0 unspecified atom stereocenters. The monoisotopic (exact) mass is 269 g/mol. The zero-order chi connectivity index (χ0) is 14.0. The third-order valence-electron chi connectivity index (χ3n) is 2.53. The van der Waals surface area contributed by atoms with Crippen molar-refractivity contribution in [2.45, 2.75) is 6.43 Å². The molecule has 1 aromatic heterocycles. The molecule has 0 spiro atoms. The summed E-state index contributed by atoms with van der Waals surface area (Å²) in [5, 5.41) is 0. The summed E-state index contributed by atoms with van der Waals surface area (Å²) in [6.07, 6.45) is -1.65. The molecule has 6 heteroatoms. The van der Waals surface area contributed by atoms with Gasteiger partial charge >= 0.3 is 0 Å². The molecule has 2 rings (SSSR count). The van der Waals surface area contributed by atoms with Gasteiger partial charge in [0.1, 0.15) is 11.6 Å². The van der Waals surface area contributed by atoms with E-state index >= 15 is 0 Å². The standard InChI is InChI=1S/C13H7F4NO/c14-10-3-8(4-11(15)9(10)6-19)12-2-1-7(5-18-12)13(16)17/h1-6,13H. The van der Waals surface area contributed by atoms with Gasteiger partial charge in [0, 0.05) is 17.3 Å². The number of carbonyl (C=O) groups excluding carboxylic acids is 1. The van der Waals surface area contributed by atoms with Crippen LogP contribution in [0.5, 0.6) is 0 Å². The molecule has 0 aliphatic rings. The van der Waals surface area contributed by atoms with Crippen LogP contribution in [0.4, 0.5) is 17.6 Å². The molecule has 0 aliphatic heterocycles. The van der Waals surface area contributed by atoms with Crippen LogP contribution >= 0.6 is 0 Å². The SMILES string of the molecule is O=Cc1c(F)cc(-c2ccc(C(F)F)cn2)cc1F. The van der Waals surface area contributed by atoms with Gasteiger partial charge in [-0.1, -0.05) is 0 Å². The average Bonchev–Trinajstić information content (AvgIpc) is 2.38. The van der Waals surface area contributed by atoms with Crippen LogP contribution in [0.3, 0.4) is 0 Å². The summed E-state index contributed by atoms with van der Waals surface area (Å²) in [4.78, 5) is 14.1. The molecule has 0 N–H and O–H groups in total. The third-order valence-corrected chi connectivity index (χ3v) is 2.53. The summed E-state index contributed by atoms with van der Waals surface area (Å²) < 4.78 is 51.4. The lowest BCUT2D eigenvalue weighted by Gasteiger charge is -2.05. The smallest absolute Gasteiger partial charge is 0.265 e. The lowest BCUT2D eigenvalue weighted by Crippen LogP contribution is -1.96. The van der Waals surface area contributed by atoms with Crippen LogP contribution in [0, 0.1) is 11.6 Å². The summed E-state index contributed by atoms with van der Waals surface area (Å²) >= 11 is 0. The number of aromatic nitrogens is 1. The van der Waals surface area contributed by atoms with Crippen molar-refractivity contribution < 1.29 is 22.4 Å². The Morgan fingerprint density at radius 3 is 2.16 bits per heavy atom. The molecule has 2 aromatic rings. The summed E-state index contributed by atoms with van der Waals surface area (Å²) in [6.45, 7) is 0. The second-order valence-electron chi connectivity index (χ2n) is 3.75. The molecule has 0 saturated heterocycles. The van der Waals surface area contributed by atoms with Crippen molar-refractivity contribution in [1.29, 1.82) is 0 Å². The molecule has 0 bridgehead atoms. The Labute approximate surface area is 105 Å². The van der Waals surface area contributed by atoms with Gasteiger partial charge in [0.15, 0.2) is 6.29 Å². The molecular weight excluding hydrogens is 262 g/mol. The number of rotatable bonds is 3. The van der Waals surface area contributed by atoms with Gasteiger partial charge in [-0.2, -0.15) is 0 Å². The van der Waals surface area contributed by atoms with Crippen LogP contribution < -0.4 is 0 Å². The minimum atomic E-state index is -2.66. The van der Waals surface area contributed by atoms with Crippen LogP contribution in [-0.4, -0.2) is 11.3 Å². The molecule has 2 nitrogen and oxygen atoms in total. The topological polar surface area (TPSA) is 30.0 Å². The number of aldehydes is 1. The van der Waals surface area contributed by atoms with E-state index in [0.717, 1.165) is 24.4 Å². The van der Waals surface area contributed by atoms with Gasteiger partial charge in [-0.25, -0.2) is 17.6 Å². The van der Waals surface area contributed by atoms with Gasteiger partial charge in [-0.15, -0.1) is 0 Å². The summed E-state index contributed by atoms with van der Waals surface area (Å²) in [5.74, 6) is -2.05. The highest BCUT2D eigenvalue weighted by Gasteiger charge is 2.13. The Morgan fingerprint density at radius 1 is 1.11 bits per heavy atom. The molecule has 98 valence electrons. The fourth-order valence-electron chi connectivity index (χ4n) is 1.55. The van der Waals surface area contributed by atoms with E-state index in [1.54, 1.807) is 0 Å². The maximum absolute atomic E-state index is 13.4. The van der Waals surface area contributed by atoms with Crippen LogP contribution in [0.25, 0.3) is 11.3 Å². The van der Waals surface area contributed by atoms with E-state index in [1.807, 2.05) is 0 Å². The molecule has 0 amide bonds. The predicted octanol–water partition coefficient (Wildman–Crippen LogP) is 3.78. The van der Waals surface area contributed by atoms with Gasteiger partial charge in [-0.3, -0.25) is 9.78 Å². The zero-order valence-corrected chi connectivity index (χ0v) is 9.41. The first-order chi connectivity index (χ1) is 9.02. The molecule has 0 radical (unpaired) electrons. The summed E-state index contributed by atoms with van der Waals surface area (Å²) in [5.41, 5.74) is -0.747. The highest BCUT2D eigenvalue weighted by molar-refractivity contribution is 5.77. The zero-order valence-electron chi connectivity index (χ0n) is 9.41. The van der Waals surface area contributed by atoms with Gasteiger partial charge < -0.3 is 0 Å². The maximum Gasteiger partial charge on any atom is 0.265 e. The number of alkyl halides is 2. The van der Waals surface area contributed by atoms with Crippen molar-refractivity contribution in [2.24, 2.45) is 0 Å². The number of hydrogen-bond acceptors (Lipinski definition) is 2. The van der Waals surface area contributed by atoms with Crippen molar-refractivity contribution in [3.63, 3.8) is 0 Å². The lowest BCUT2D eigenvalue weighted by molar-refractivity contribution is 0.111. The first-order valence-corrected chi connectivity index (χ1v) is 5.21. The van der Waals surface area contributed by atoms with E-state index in [4.69, 9.17) is 0 Å². The minimum absolute atomic E-state index is 0.0708. The Balaban J connectivity index is 2.44. The molecule has 19 heavy (non-hydrogen) atoms. The largest absolute Gasteiger partial charge is 0.298 e. The van der Waals surface area contributed by atoms with Crippen molar-refractivity contribution in [2.75, 3.05) is 0 Å². The number of nitrogens with zero attached hydrogens (tertiary/aromatic N) is 1. The van der Waals surface area contributed by atoms with Gasteiger partial charge in [-0.05, 0) is 24.3 Å². The van der Waals surface area contributed by atoms with E-state index in [1.165, 1.54) is 6.07 Å². The molecule has 1 heterocycles. The number of pyridine rings is 1. The molecule has 0 aliphatic carbocycles. The number of hydrogen-bond donors (Lipinski definition) is 0. The Kier molecular flexibility index (Phi) is 3.59. The molecule has 0 saturated carbocycles. The minimum Gasteiger partial charge on any atom is -0.298 e. The quantitative estimate of drug-likeness (QED) is 0.627. The van der Waals surface area contributed by atoms with Gasteiger partial charge in [0.05, 0.1) is 11.3 Å². The second kappa shape index (κ2) is 5.17. The van der Waals surface area contributed by atoms with Gasteiger partial charge in [0.25, 0.3) is 6.43 Å². The highest BCUT2D eigenvalue weighted by atomic mass is 19.3.